The van der Waals surface area contributed by atoms with Crippen LogP contribution in [0.3, 0.4) is 0 Å². The number of rotatable bonds is 6. The summed E-state index contributed by atoms with van der Waals surface area (Å²) in [5.74, 6) is -0.764. The Kier molecular flexibility index (Phi) is 7.52. The third kappa shape index (κ3) is 6.65. The molecule has 152 valence electrons. The molecule has 0 saturated carbocycles. The zero-order valence-electron chi connectivity index (χ0n) is 14.8. The first-order valence-corrected chi connectivity index (χ1v) is 10.9. The van der Waals surface area contributed by atoms with Crippen molar-refractivity contribution in [3.05, 3.63) is 18.3 Å². The van der Waals surface area contributed by atoms with Gasteiger partial charge in [-0.1, -0.05) is 24.6 Å². The largest absolute Gasteiger partial charge is 0.405 e. The van der Waals surface area contributed by atoms with Gasteiger partial charge in [-0.05, 0) is 31.9 Å². The number of nitrogens with one attached hydrogen (secondary N) is 1. The Hall–Kier alpha value is -1.33. The number of sulfonamides is 1. The van der Waals surface area contributed by atoms with E-state index in [0.717, 1.165) is 37.4 Å². The minimum atomic E-state index is -4.47. The molecular formula is C16H22F3N3O3S2. The van der Waals surface area contributed by atoms with E-state index < -0.39 is 33.9 Å². The monoisotopic (exact) mass is 425 g/mol. The minimum absolute atomic E-state index is 0.0722. The van der Waals surface area contributed by atoms with Gasteiger partial charge in [-0.3, -0.25) is 4.79 Å². The average molecular weight is 425 g/mol. The van der Waals surface area contributed by atoms with E-state index in [9.17, 15) is 26.4 Å². The van der Waals surface area contributed by atoms with Crippen LogP contribution in [-0.4, -0.2) is 54.7 Å². The molecule has 27 heavy (non-hydrogen) atoms. The van der Waals surface area contributed by atoms with Crippen LogP contribution in [0.15, 0.2) is 28.3 Å². The first kappa shape index (κ1) is 22.0. The molecule has 1 fully saturated rings. The maximum Gasteiger partial charge on any atom is 0.405 e. The summed E-state index contributed by atoms with van der Waals surface area (Å²) in [6.07, 6.45) is 0.420. The topological polar surface area (TPSA) is 79.4 Å². The second-order valence-corrected chi connectivity index (χ2v) is 9.54. The summed E-state index contributed by atoms with van der Waals surface area (Å²) >= 11 is 0.962. The Bertz CT molecular complexity index is 732. The summed E-state index contributed by atoms with van der Waals surface area (Å²) in [6, 6.07) is 2.87. The molecule has 0 radical (unpaired) electrons. The van der Waals surface area contributed by atoms with Crippen molar-refractivity contribution in [3.63, 3.8) is 0 Å². The fourth-order valence-electron chi connectivity index (χ4n) is 2.59. The normalized spacial score (nSPS) is 17.9. The first-order chi connectivity index (χ1) is 12.6. The predicted octanol–water partition coefficient (Wildman–Crippen LogP) is 2.81. The average Bonchev–Trinajstić information content (AvgIpc) is 2.89. The van der Waals surface area contributed by atoms with Gasteiger partial charge in [0.05, 0.1) is 10.3 Å². The van der Waals surface area contributed by atoms with Crippen LogP contribution < -0.4 is 5.32 Å². The Morgan fingerprint density at radius 1 is 1.26 bits per heavy atom. The van der Waals surface area contributed by atoms with Gasteiger partial charge >= 0.3 is 6.18 Å². The van der Waals surface area contributed by atoms with Crippen LogP contribution in [0.4, 0.5) is 13.2 Å². The highest BCUT2D eigenvalue weighted by molar-refractivity contribution is 8.00. The SMILES string of the molecule is CC(Sc1ccc(S(=O)(=O)N2CCCCCC2)cn1)C(=O)NCC(F)(F)F. The van der Waals surface area contributed by atoms with E-state index in [1.54, 1.807) is 0 Å². The number of pyridine rings is 1. The Morgan fingerprint density at radius 3 is 2.41 bits per heavy atom. The molecule has 1 unspecified atom stereocenters. The summed E-state index contributed by atoms with van der Waals surface area (Å²) in [5.41, 5.74) is 0. The number of nitrogens with zero attached hydrogens (tertiary/aromatic N) is 2. The van der Waals surface area contributed by atoms with Crippen molar-refractivity contribution < 1.29 is 26.4 Å². The second-order valence-electron chi connectivity index (χ2n) is 6.24. The number of carbonyl (C=O) groups is 1. The third-order valence-corrected chi connectivity index (χ3v) is 6.97. The molecule has 6 nitrogen and oxygen atoms in total. The molecule has 2 heterocycles. The molecule has 1 N–H and O–H groups in total. The van der Waals surface area contributed by atoms with Crippen LogP contribution in [0.2, 0.25) is 0 Å². The smallest absolute Gasteiger partial charge is 0.346 e. The lowest BCUT2D eigenvalue weighted by molar-refractivity contribution is -0.137. The Morgan fingerprint density at radius 2 is 1.89 bits per heavy atom. The van der Waals surface area contributed by atoms with Gasteiger partial charge in [0.25, 0.3) is 0 Å². The number of aromatic nitrogens is 1. The number of hydrogen-bond acceptors (Lipinski definition) is 5. The molecule has 0 spiro atoms. The van der Waals surface area contributed by atoms with Crippen molar-refractivity contribution in [2.45, 2.75) is 54.0 Å². The van der Waals surface area contributed by atoms with Crippen LogP contribution in [0, 0.1) is 0 Å². The molecule has 0 aromatic carbocycles. The lowest BCUT2D eigenvalue weighted by Crippen LogP contribution is -2.38. The van der Waals surface area contributed by atoms with E-state index in [1.165, 1.54) is 29.6 Å². The molecule has 1 aromatic heterocycles. The summed E-state index contributed by atoms with van der Waals surface area (Å²) in [6.45, 7) is 1.03. The number of thioether (sulfide) groups is 1. The third-order valence-electron chi connectivity index (χ3n) is 4.04. The Balaban J connectivity index is 1.98. The van der Waals surface area contributed by atoms with Crippen molar-refractivity contribution >= 4 is 27.7 Å². The standard InChI is InChI=1S/C16H22F3N3O3S2/c1-12(15(23)21-11-16(17,18)19)26-14-7-6-13(10-20-14)27(24,25)22-8-4-2-3-5-9-22/h6-7,10,12H,2-5,8-9,11H2,1H3,(H,21,23). The number of alkyl halides is 3. The van der Waals surface area contributed by atoms with Crippen LogP contribution in [0.5, 0.6) is 0 Å². The van der Waals surface area contributed by atoms with Gasteiger partial charge in [0, 0.05) is 19.3 Å². The first-order valence-electron chi connectivity index (χ1n) is 8.57. The number of halogens is 3. The highest BCUT2D eigenvalue weighted by atomic mass is 32.2. The molecule has 0 aliphatic carbocycles. The fraction of sp³-hybridized carbons (Fsp3) is 0.625. The van der Waals surface area contributed by atoms with Gasteiger partial charge < -0.3 is 5.32 Å². The van der Waals surface area contributed by atoms with Gasteiger partial charge in [0.1, 0.15) is 11.4 Å². The molecule has 0 bridgehead atoms. The van der Waals surface area contributed by atoms with E-state index in [4.69, 9.17) is 0 Å². The van der Waals surface area contributed by atoms with Crippen LogP contribution in [0.1, 0.15) is 32.6 Å². The van der Waals surface area contributed by atoms with Gasteiger partial charge in [-0.25, -0.2) is 13.4 Å². The fourth-order valence-corrected chi connectivity index (χ4v) is 4.86. The molecule has 11 heteroatoms. The highest BCUT2D eigenvalue weighted by Gasteiger charge is 2.29. The van der Waals surface area contributed by atoms with E-state index in [-0.39, 0.29) is 4.90 Å². The van der Waals surface area contributed by atoms with Gasteiger partial charge in [0.15, 0.2) is 0 Å². The number of carbonyl (C=O) groups excluding carboxylic acids is 1. The number of hydrogen-bond donors (Lipinski definition) is 1. The number of amides is 1. The van der Waals surface area contributed by atoms with Gasteiger partial charge in [-0.2, -0.15) is 17.5 Å². The lowest BCUT2D eigenvalue weighted by Gasteiger charge is -2.19. The van der Waals surface area contributed by atoms with E-state index >= 15 is 0 Å². The van der Waals surface area contributed by atoms with Crippen LogP contribution >= 0.6 is 11.8 Å². The Labute approximate surface area is 161 Å². The second kappa shape index (κ2) is 9.24. The molecule has 2 rings (SSSR count). The summed E-state index contributed by atoms with van der Waals surface area (Å²) in [4.78, 5) is 15.8. The lowest BCUT2D eigenvalue weighted by atomic mass is 10.2. The predicted molar refractivity (Wildman–Crippen MR) is 95.8 cm³/mol. The quantitative estimate of drug-likeness (QED) is 0.709. The molecule has 1 aliphatic heterocycles. The highest BCUT2D eigenvalue weighted by Crippen LogP contribution is 2.25. The molecule has 1 amide bonds. The molecular weight excluding hydrogens is 403 g/mol. The van der Waals surface area contributed by atoms with Gasteiger partial charge in [-0.15, -0.1) is 0 Å². The van der Waals surface area contributed by atoms with Crippen molar-refractivity contribution in [2.24, 2.45) is 0 Å². The molecule has 1 saturated heterocycles. The molecule has 1 aromatic rings. The van der Waals surface area contributed by atoms with Crippen molar-refractivity contribution in [1.29, 1.82) is 0 Å². The van der Waals surface area contributed by atoms with Crippen molar-refractivity contribution in [1.82, 2.24) is 14.6 Å². The van der Waals surface area contributed by atoms with Crippen molar-refractivity contribution in [2.75, 3.05) is 19.6 Å². The molecule has 1 aliphatic rings. The van der Waals surface area contributed by atoms with E-state index in [0.29, 0.717) is 18.1 Å². The minimum Gasteiger partial charge on any atom is -0.346 e. The zero-order chi connectivity index (χ0) is 20.1. The summed E-state index contributed by atoms with van der Waals surface area (Å²) in [5, 5.41) is 1.37. The van der Waals surface area contributed by atoms with Gasteiger partial charge in [0.2, 0.25) is 15.9 Å². The van der Waals surface area contributed by atoms with Crippen molar-refractivity contribution in [3.8, 4) is 0 Å². The van der Waals surface area contributed by atoms with E-state index in [2.05, 4.69) is 4.98 Å². The zero-order valence-corrected chi connectivity index (χ0v) is 16.5. The summed E-state index contributed by atoms with van der Waals surface area (Å²) in [7, 11) is -3.61. The molecule has 1 atom stereocenters. The maximum absolute atomic E-state index is 12.7. The summed E-state index contributed by atoms with van der Waals surface area (Å²) < 4.78 is 63.2. The van der Waals surface area contributed by atoms with Crippen LogP contribution in [-0.2, 0) is 14.8 Å². The van der Waals surface area contributed by atoms with E-state index in [1.807, 2.05) is 5.32 Å². The maximum atomic E-state index is 12.7. The van der Waals surface area contributed by atoms with Crippen LogP contribution in [0.25, 0.3) is 0 Å².